The normalized spacial score (nSPS) is 11.3. The first-order valence-corrected chi connectivity index (χ1v) is 10.2. The fourth-order valence-corrected chi connectivity index (χ4v) is 3.39. The summed E-state index contributed by atoms with van der Waals surface area (Å²) in [7, 11) is -0.728. The number of aromatic nitrogens is 3. The monoisotopic (exact) mass is 415 g/mol. The molecule has 152 valence electrons. The van der Waals surface area contributed by atoms with Gasteiger partial charge in [-0.1, -0.05) is 6.07 Å². The standard InChI is InChI=1S/C19H21N5O4S/c1-12-4-9-15(29(26,27)20-2)10-16(12)19(25)21-11-17-22-18(24-23-17)13-5-7-14(28-3)8-6-13/h4-10,20H,11H2,1-3H3,(H,21,25)(H,22,23,24). The van der Waals surface area contributed by atoms with E-state index in [9.17, 15) is 13.2 Å². The maximum Gasteiger partial charge on any atom is 0.251 e. The summed E-state index contributed by atoms with van der Waals surface area (Å²) >= 11 is 0. The van der Waals surface area contributed by atoms with Crippen LogP contribution in [-0.4, -0.2) is 43.7 Å². The Kier molecular flexibility index (Phi) is 5.95. The van der Waals surface area contributed by atoms with E-state index in [0.717, 1.165) is 11.3 Å². The number of amides is 1. The van der Waals surface area contributed by atoms with E-state index in [2.05, 4.69) is 25.2 Å². The van der Waals surface area contributed by atoms with Crippen molar-refractivity contribution in [2.45, 2.75) is 18.4 Å². The lowest BCUT2D eigenvalue weighted by Crippen LogP contribution is -2.25. The molecule has 0 saturated heterocycles. The Morgan fingerprint density at radius 2 is 1.90 bits per heavy atom. The van der Waals surface area contributed by atoms with Gasteiger partial charge in [-0.25, -0.2) is 18.1 Å². The van der Waals surface area contributed by atoms with Gasteiger partial charge in [0, 0.05) is 11.1 Å². The SMILES string of the molecule is CNS(=O)(=O)c1ccc(C)c(C(=O)NCc2nc(-c3ccc(OC)cc3)n[nH]2)c1. The van der Waals surface area contributed by atoms with Gasteiger partial charge in [0.15, 0.2) is 5.82 Å². The van der Waals surface area contributed by atoms with Gasteiger partial charge in [0.2, 0.25) is 10.0 Å². The second kappa shape index (κ2) is 8.41. The molecule has 3 aromatic rings. The molecule has 0 aliphatic carbocycles. The Morgan fingerprint density at radius 3 is 2.55 bits per heavy atom. The van der Waals surface area contributed by atoms with Crippen molar-refractivity contribution in [1.82, 2.24) is 25.2 Å². The first kappa shape index (κ1) is 20.5. The quantitative estimate of drug-likeness (QED) is 0.538. The van der Waals surface area contributed by atoms with Crippen LogP contribution in [0.3, 0.4) is 0 Å². The van der Waals surface area contributed by atoms with Gasteiger partial charge in [-0.15, -0.1) is 0 Å². The lowest BCUT2D eigenvalue weighted by atomic mass is 10.1. The highest BCUT2D eigenvalue weighted by molar-refractivity contribution is 7.89. The van der Waals surface area contributed by atoms with Gasteiger partial charge >= 0.3 is 0 Å². The van der Waals surface area contributed by atoms with E-state index in [1.54, 1.807) is 20.1 Å². The number of methoxy groups -OCH3 is 1. The van der Waals surface area contributed by atoms with Gasteiger partial charge in [-0.3, -0.25) is 9.89 Å². The molecule has 9 nitrogen and oxygen atoms in total. The van der Waals surface area contributed by atoms with Crippen LogP contribution in [0.1, 0.15) is 21.7 Å². The highest BCUT2D eigenvalue weighted by Gasteiger charge is 2.17. The lowest BCUT2D eigenvalue weighted by Gasteiger charge is -2.09. The Hall–Kier alpha value is -3.24. The highest BCUT2D eigenvalue weighted by Crippen LogP contribution is 2.19. The predicted molar refractivity (Wildman–Crippen MR) is 107 cm³/mol. The topological polar surface area (TPSA) is 126 Å². The van der Waals surface area contributed by atoms with Crippen LogP contribution in [0.15, 0.2) is 47.4 Å². The number of benzene rings is 2. The van der Waals surface area contributed by atoms with Gasteiger partial charge in [0.1, 0.15) is 11.6 Å². The Morgan fingerprint density at radius 1 is 1.17 bits per heavy atom. The molecular formula is C19H21N5O4S. The summed E-state index contributed by atoms with van der Waals surface area (Å²) in [5.41, 5.74) is 1.74. The first-order valence-electron chi connectivity index (χ1n) is 8.72. The summed E-state index contributed by atoms with van der Waals surface area (Å²) in [4.78, 5) is 16.9. The summed E-state index contributed by atoms with van der Waals surface area (Å²) in [6.45, 7) is 1.85. The molecule has 0 radical (unpaired) electrons. The summed E-state index contributed by atoms with van der Waals surface area (Å²) in [5, 5.41) is 9.67. The number of carbonyl (C=O) groups is 1. The van der Waals surface area contributed by atoms with Crippen LogP contribution >= 0.6 is 0 Å². The molecule has 0 atom stereocenters. The zero-order valence-electron chi connectivity index (χ0n) is 16.2. The molecule has 10 heteroatoms. The number of nitrogens with zero attached hydrogens (tertiary/aromatic N) is 2. The fourth-order valence-electron chi connectivity index (χ4n) is 2.63. The lowest BCUT2D eigenvalue weighted by molar-refractivity contribution is 0.0949. The van der Waals surface area contributed by atoms with Gasteiger partial charge in [-0.05, 0) is 55.9 Å². The molecule has 3 rings (SSSR count). The Labute approximate surface area is 168 Å². The Balaban J connectivity index is 1.71. The van der Waals surface area contributed by atoms with E-state index in [0.29, 0.717) is 17.2 Å². The van der Waals surface area contributed by atoms with Crippen molar-refractivity contribution in [2.24, 2.45) is 0 Å². The second-order valence-electron chi connectivity index (χ2n) is 6.20. The van der Waals surface area contributed by atoms with Crippen LogP contribution in [-0.2, 0) is 16.6 Å². The first-order chi connectivity index (χ1) is 13.8. The molecular weight excluding hydrogens is 394 g/mol. The van der Waals surface area contributed by atoms with E-state index < -0.39 is 15.9 Å². The zero-order chi connectivity index (χ0) is 21.0. The van der Waals surface area contributed by atoms with Crippen LogP contribution in [0, 0.1) is 6.92 Å². The van der Waals surface area contributed by atoms with Crippen molar-refractivity contribution >= 4 is 15.9 Å². The number of rotatable bonds is 7. The molecule has 3 N–H and O–H groups in total. The molecule has 0 aliphatic heterocycles. The summed E-state index contributed by atoms with van der Waals surface area (Å²) in [6, 6.07) is 11.7. The Bertz CT molecular complexity index is 1120. The maximum atomic E-state index is 12.6. The van der Waals surface area contributed by atoms with Crippen LogP contribution in [0.5, 0.6) is 5.75 Å². The van der Waals surface area contributed by atoms with Crippen LogP contribution in [0.25, 0.3) is 11.4 Å². The number of H-pyrrole nitrogens is 1. The van der Waals surface area contributed by atoms with E-state index in [-0.39, 0.29) is 17.0 Å². The zero-order valence-corrected chi connectivity index (χ0v) is 17.0. The number of aryl methyl sites for hydroxylation is 1. The summed E-state index contributed by atoms with van der Waals surface area (Å²) < 4.78 is 31.3. The largest absolute Gasteiger partial charge is 0.497 e. The van der Waals surface area contributed by atoms with E-state index in [1.165, 1.54) is 19.2 Å². The van der Waals surface area contributed by atoms with Crippen molar-refractivity contribution in [2.75, 3.05) is 14.2 Å². The average molecular weight is 415 g/mol. The van der Waals surface area contributed by atoms with Crippen molar-refractivity contribution in [3.05, 3.63) is 59.4 Å². The molecule has 1 amide bonds. The van der Waals surface area contributed by atoms with Crippen LogP contribution < -0.4 is 14.8 Å². The third-order valence-corrected chi connectivity index (χ3v) is 5.74. The molecule has 0 bridgehead atoms. The van der Waals surface area contributed by atoms with E-state index >= 15 is 0 Å². The van der Waals surface area contributed by atoms with Crippen molar-refractivity contribution in [1.29, 1.82) is 0 Å². The number of carbonyl (C=O) groups excluding carboxylic acids is 1. The van der Waals surface area contributed by atoms with E-state index in [4.69, 9.17) is 4.74 Å². The van der Waals surface area contributed by atoms with Gasteiger partial charge in [0.05, 0.1) is 18.6 Å². The molecule has 0 aliphatic rings. The highest BCUT2D eigenvalue weighted by atomic mass is 32.2. The smallest absolute Gasteiger partial charge is 0.251 e. The van der Waals surface area contributed by atoms with Crippen LogP contribution in [0.2, 0.25) is 0 Å². The number of nitrogens with one attached hydrogen (secondary N) is 3. The van der Waals surface area contributed by atoms with Gasteiger partial charge in [0.25, 0.3) is 5.91 Å². The third-order valence-electron chi connectivity index (χ3n) is 4.33. The van der Waals surface area contributed by atoms with Crippen molar-refractivity contribution < 1.29 is 17.9 Å². The average Bonchev–Trinajstić information content (AvgIpc) is 3.21. The predicted octanol–water partition coefficient (Wildman–Crippen LogP) is 1.63. The molecule has 2 aromatic carbocycles. The minimum Gasteiger partial charge on any atom is -0.497 e. The summed E-state index contributed by atoms with van der Waals surface area (Å²) in [5.74, 6) is 1.30. The molecule has 0 spiro atoms. The number of ether oxygens (including phenoxy) is 1. The van der Waals surface area contributed by atoms with Crippen molar-refractivity contribution in [3.63, 3.8) is 0 Å². The molecule has 0 unspecified atom stereocenters. The minimum atomic E-state index is -3.64. The number of hydrogen-bond donors (Lipinski definition) is 3. The number of aromatic amines is 1. The van der Waals surface area contributed by atoms with Gasteiger partial charge in [-0.2, -0.15) is 5.10 Å². The molecule has 1 heterocycles. The molecule has 1 aromatic heterocycles. The maximum absolute atomic E-state index is 12.6. The number of hydrogen-bond acceptors (Lipinski definition) is 6. The van der Waals surface area contributed by atoms with Crippen molar-refractivity contribution in [3.8, 4) is 17.1 Å². The van der Waals surface area contributed by atoms with Crippen LogP contribution in [0.4, 0.5) is 0 Å². The third kappa shape index (κ3) is 4.61. The molecule has 0 saturated carbocycles. The fraction of sp³-hybridized carbons (Fsp3) is 0.211. The minimum absolute atomic E-state index is 0.0252. The second-order valence-corrected chi connectivity index (χ2v) is 8.09. The van der Waals surface area contributed by atoms with E-state index in [1.807, 2.05) is 24.3 Å². The van der Waals surface area contributed by atoms with Gasteiger partial charge < -0.3 is 10.1 Å². The summed E-state index contributed by atoms with van der Waals surface area (Å²) in [6.07, 6.45) is 0. The molecule has 29 heavy (non-hydrogen) atoms. The molecule has 0 fully saturated rings. The number of sulfonamides is 1.